The van der Waals surface area contributed by atoms with E-state index in [1.54, 1.807) is 30.3 Å². The van der Waals surface area contributed by atoms with E-state index in [1.807, 2.05) is 31.1 Å². The maximum absolute atomic E-state index is 13.7. The van der Waals surface area contributed by atoms with Crippen LogP contribution < -0.4 is 16.0 Å². The molecule has 1 heterocycles. The van der Waals surface area contributed by atoms with Crippen LogP contribution in [0.1, 0.15) is 48.9 Å². The number of anilines is 1. The number of carbonyl (C=O) groups excluding carboxylic acids is 3. The van der Waals surface area contributed by atoms with Crippen LogP contribution in [-0.2, 0) is 19.6 Å². The Morgan fingerprint density at radius 2 is 1.62 bits per heavy atom. The second kappa shape index (κ2) is 12.8. The van der Waals surface area contributed by atoms with Crippen LogP contribution >= 0.6 is 0 Å². The number of rotatable bonds is 9. The first-order valence-corrected chi connectivity index (χ1v) is 15.2. The van der Waals surface area contributed by atoms with E-state index >= 15 is 0 Å². The van der Waals surface area contributed by atoms with Gasteiger partial charge in [-0.25, -0.2) is 8.42 Å². The minimum atomic E-state index is -4.06. The van der Waals surface area contributed by atoms with Gasteiger partial charge < -0.3 is 20.9 Å². The van der Waals surface area contributed by atoms with Gasteiger partial charge in [0.25, 0.3) is 5.91 Å². The van der Waals surface area contributed by atoms with Crippen LogP contribution in [0.25, 0.3) is 0 Å². The topological polar surface area (TPSA) is 133 Å². The zero-order valence-corrected chi connectivity index (χ0v) is 24.0. The first-order valence-electron chi connectivity index (χ1n) is 13.8. The molecule has 2 unspecified atom stereocenters. The second-order valence-corrected chi connectivity index (χ2v) is 12.7. The summed E-state index contributed by atoms with van der Waals surface area (Å²) in [7, 11) is -0.250. The number of nitrogens with one attached hydrogen (secondary N) is 1. The number of nitrogens with zero attached hydrogens (tertiary/aromatic N) is 3. The predicted molar refractivity (Wildman–Crippen MR) is 153 cm³/mol. The van der Waals surface area contributed by atoms with Crippen LogP contribution in [0.2, 0.25) is 0 Å². The van der Waals surface area contributed by atoms with Crippen molar-refractivity contribution in [2.75, 3.05) is 38.6 Å². The van der Waals surface area contributed by atoms with E-state index in [-0.39, 0.29) is 36.4 Å². The summed E-state index contributed by atoms with van der Waals surface area (Å²) in [6.07, 6.45) is 5.64. The standard InChI is InChI=1S/C29H39N5O5S/c1-32(2)23-15-13-22(14-16-23)29(37)33-17-18-34(40(38,39)24-11-7-4-8-12-24)26(20-33)28(36)31-25(27(30)35)19-21-9-5-3-6-10-21/h4,7-8,11-16,21,25-26H,3,5-6,9-10,17-20H2,1-2H3,(H2,30,35)(H,31,36). The average molecular weight is 570 g/mol. The Kier molecular flexibility index (Phi) is 9.47. The van der Waals surface area contributed by atoms with Crippen molar-refractivity contribution < 1.29 is 22.8 Å². The lowest BCUT2D eigenvalue weighted by molar-refractivity contribution is -0.131. The third-order valence-corrected chi connectivity index (χ3v) is 9.78. The van der Waals surface area contributed by atoms with E-state index in [1.165, 1.54) is 17.0 Å². The molecule has 2 atom stereocenters. The zero-order valence-electron chi connectivity index (χ0n) is 23.2. The molecular formula is C29H39N5O5S. The smallest absolute Gasteiger partial charge is 0.253 e. The first-order chi connectivity index (χ1) is 19.1. The van der Waals surface area contributed by atoms with Gasteiger partial charge in [-0.2, -0.15) is 4.31 Å². The van der Waals surface area contributed by atoms with Crippen molar-refractivity contribution in [3.63, 3.8) is 0 Å². The highest BCUT2D eigenvalue weighted by molar-refractivity contribution is 7.89. The molecule has 1 saturated carbocycles. The molecule has 2 fully saturated rings. The van der Waals surface area contributed by atoms with Crippen LogP contribution in [0.15, 0.2) is 59.5 Å². The van der Waals surface area contributed by atoms with Crippen LogP contribution in [0.3, 0.4) is 0 Å². The summed E-state index contributed by atoms with van der Waals surface area (Å²) in [6, 6.07) is 12.8. The molecule has 216 valence electrons. The number of primary amides is 1. The van der Waals surface area contributed by atoms with Crippen molar-refractivity contribution in [1.29, 1.82) is 0 Å². The molecule has 2 aromatic rings. The molecule has 10 nitrogen and oxygen atoms in total. The van der Waals surface area contributed by atoms with E-state index in [0.717, 1.165) is 42.1 Å². The fourth-order valence-electron chi connectivity index (χ4n) is 5.53. The minimum absolute atomic E-state index is 0.0560. The lowest BCUT2D eigenvalue weighted by Crippen LogP contribution is -2.63. The molecule has 3 amide bonds. The van der Waals surface area contributed by atoms with E-state index in [4.69, 9.17) is 5.73 Å². The summed E-state index contributed by atoms with van der Waals surface area (Å²) in [4.78, 5) is 42.9. The summed E-state index contributed by atoms with van der Waals surface area (Å²) in [6.45, 7) is -0.104. The van der Waals surface area contributed by atoms with Gasteiger partial charge in [0.05, 0.1) is 4.90 Å². The quantitative estimate of drug-likeness (QED) is 0.476. The molecule has 1 saturated heterocycles. The Labute approximate surface area is 236 Å². The molecule has 2 aromatic carbocycles. The van der Waals surface area contributed by atoms with Crippen molar-refractivity contribution in [2.24, 2.45) is 11.7 Å². The van der Waals surface area contributed by atoms with Crippen LogP contribution in [0, 0.1) is 5.92 Å². The van der Waals surface area contributed by atoms with Gasteiger partial charge in [-0.05, 0) is 48.7 Å². The van der Waals surface area contributed by atoms with Crippen molar-refractivity contribution >= 4 is 33.4 Å². The maximum Gasteiger partial charge on any atom is 0.253 e. The Bertz CT molecular complexity index is 1290. The first kappa shape index (κ1) is 29.5. The van der Waals surface area contributed by atoms with Crippen molar-refractivity contribution in [3.05, 3.63) is 60.2 Å². The summed E-state index contributed by atoms with van der Waals surface area (Å²) in [5.74, 6) is -1.32. The van der Waals surface area contributed by atoms with Gasteiger partial charge in [0.1, 0.15) is 12.1 Å². The fourth-order valence-corrected chi connectivity index (χ4v) is 7.13. The lowest BCUT2D eigenvalue weighted by Gasteiger charge is -2.40. The highest BCUT2D eigenvalue weighted by atomic mass is 32.2. The SMILES string of the molecule is CN(C)c1ccc(C(=O)N2CCN(S(=O)(=O)c3ccccc3)C(C(=O)NC(CC3CCCCC3)C(N)=O)C2)cc1. The largest absolute Gasteiger partial charge is 0.378 e. The molecule has 2 aliphatic rings. The summed E-state index contributed by atoms with van der Waals surface area (Å²) in [5, 5.41) is 2.74. The van der Waals surface area contributed by atoms with E-state index in [0.29, 0.717) is 12.0 Å². The van der Waals surface area contributed by atoms with Gasteiger partial charge in [0.2, 0.25) is 21.8 Å². The molecular weight excluding hydrogens is 530 g/mol. The van der Waals surface area contributed by atoms with Crippen molar-refractivity contribution in [1.82, 2.24) is 14.5 Å². The van der Waals surface area contributed by atoms with Gasteiger partial charge in [0.15, 0.2) is 0 Å². The molecule has 11 heteroatoms. The van der Waals surface area contributed by atoms with Crippen molar-refractivity contribution in [3.8, 4) is 0 Å². The summed E-state index contributed by atoms with van der Waals surface area (Å²) in [5.41, 5.74) is 7.05. The number of sulfonamides is 1. The van der Waals surface area contributed by atoms with E-state index in [2.05, 4.69) is 5.32 Å². The Morgan fingerprint density at radius 1 is 0.975 bits per heavy atom. The second-order valence-electron chi connectivity index (χ2n) is 10.8. The highest BCUT2D eigenvalue weighted by Gasteiger charge is 2.42. The van der Waals surface area contributed by atoms with Gasteiger partial charge in [-0.3, -0.25) is 14.4 Å². The van der Waals surface area contributed by atoms with Crippen LogP contribution in [0.5, 0.6) is 0 Å². The Hall–Kier alpha value is -3.44. The van der Waals surface area contributed by atoms with E-state index < -0.39 is 33.9 Å². The molecule has 0 bridgehead atoms. The number of hydrogen-bond donors (Lipinski definition) is 2. The summed E-state index contributed by atoms with van der Waals surface area (Å²) < 4.78 is 28.4. The number of hydrogen-bond acceptors (Lipinski definition) is 6. The third-order valence-electron chi connectivity index (χ3n) is 7.86. The van der Waals surface area contributed by atoms with Gasteiger partial charge in [-0.1, -0.05) is 50.3 Å². The van der Waals surface area contributed by atoms with Crippen molar-refractivity contribution in [2.45, 2.75) is 55.5 Å². The monoisotopic (exact) mass is 569 g/mol. The highest BCUT2D eigenvalue weighted by Crippen LogP contribution is 2.28. The zero-order chi connectivity index (χ0) is 28.9. The normalized spacial score (nSPS) is 19.6. The maximum atomic E-state index is 13.7. The molecule has 0 spiro atoms. The minimum Gasteiger partial charge on any atom is -0.378 e. The van der Waals surface area contributed by atoms with Gasteiger partial charge >= 0.3 is 0 Å². The van der Waals surface area contributed by atoms with Crippen LogP contribution in [0.4, 0.5) is 5.69 Å². The molecule has 4 rings (SSSR count). The molecule has 1 aliphatic heterocycles. The number of benzene rings is 2. The van der Waals surface area contributed by atoms with Gasteiger partial charge in [-0.15, -0.1) is 0 Å². The molecule has 0 aromatic heterocycles. The molecule has 3 N–H and O–H groups in total. The number of carbonyl (C=O) groups is 3. The fraction of sp³-hybridized carbons (Fsp3) is 0.483. The Morgan fingerprint density at radius 3 is 2.23 bits per heavy atom. The number of piperazine rings is 1. The number of amides is 3. The molecule has 0 radical (unpaired) electrons. The van der Waals surface area contributed by atoms with E-state index in [9.17, 15) is 22.8 Å². The van der Waals surface area contributed by atoms with Crippen LogP contribution in [-0.4, -0.2) is 81.2 Å². The molecule has 1 aliphatic carbocycles. The third kappa shape index (κ3) is 6.82. The lowest BCUT2D eigenvalue weighted by atomic mass is 9.84. The summed E-state index contributed by atoms with van der Waals surface area (Å²) >= 11 is 0. The van der Waals surface area contributed by atoms with Gasteiger partial charge in [0, 0.05) is 45.0 Å². The Balaban J connectivity index is 1.58. The number of nitrogens with two attached hydrogens (primary N) is 1. The molecule has 40 heavy (non-hydrogen) atoms. The predicted octanol–water partition coefficient (Wildman–Crippen LogP) is 2.21. The average Bonchev–Trinajstić information content (AvgIpc) is 2.97.